The van der Waals surface area contributed by atoms with E-state index in [1.165, 1.54) is 4.68 Å². The van der Waals surface area contributed by atoms with E-state index in [9.17, 15) is 4.79 Å². The third kappa shape index (κ3) is 3.11. The minimum Gasteiger partial charge on any atom is -0.378 e. The minimum atomic E-state index is -0.307. The molecule has 0 aliphatic heterocycles. The number of anilines is 2. The van der Waals surface area contributed by atoms with E-state index in [2.05, 4.69) is 16.5 Å². The second-order valence-electron chi connectivity index (χ2n) is 4.72. The average molecular weight is 293 g/mol. The van der Waals surface area contributed by atoms with E-state index in [1.807, 2.05) is 37.2 Å². The van der Waals surface area contributed by atoms with Crippen molar-refractivity contribution in [3.8, 4) is 0 Å². The summed E-state index contributed by atoms with van der Waals surface area (Å²) in [7, 11) is 5.56. The molecule has 5 nitrogen and oxygen atoms in total. The van der Waals surface area contributed by atoms with E-state index >= 15 is 0 Å². The molecule has 0 saturated carbocycles. The lowest BCUT2D eigenvalue weighted by Gasteiger charge is -2.14. The highest BCUT2D eigenvalue weighted by molar-refractivity contribution is 6.32. The number of hydrogen-bond acceptors (Lipinski definition) is 4. The second kappa shape index (κ2) is 5.96. The molecule has 0 bridgehead atoms. The van der Waals surface area contributed by atoms with Crippen LogP contribution >= 0.6 is 11.6 Å². The minimum absolute atomic E-state index is 0.159. The van der Waals surface area contributed by atoms with Crippen LogP contribution in [-0.4, -0.2) is 23.9 Å². The van der Waals surface area contributed by atoms with E-state index in [1.54, 1.807) is 13.2 Å². The average Bonchev–Trinajstić information content (AvgIpc) is 2.44. The maximum absolute atomic E-state index is 11.7. The Labute approximate surface area is 122 Å². The van der Waals surface area contributed by atoms with Crippen LogP contribution in [0.4, 0.5) is 11.4 Å². The number of hydrogen-bond donors (Lipinski definition) is 1. The standard InChI is InChI=1S/C14H17ClN4O/c1-18(2)11-6-4-5-10(7-11)8-16-12-9-17-19(3)14(20)13(12)15/h4-7,9,16H,8H2,1-3H3. The highest BCUT2D eigenvalue weighted by Gasteiger charge is 2.07. The number of benzene rings is 1. The Bertz CT molecular complexity index is 666. The molecule has 1 N–H and O–H groups in total. The Morgan fingerprint density at radius 1 is 1.40 bits per heavy atom. The van der Waals surface area contributed by atoms with Gasteiger partial charge in [-0.15, -0.1) is 0 Å². The molecule has 0 atom stereocenters. The summed E-state index contributed by atoms with van der Waals surface area (Å²) < 4.78 is 1.21. The zero-order chi connectivity index (χ0) is 14.7. The van der Waals surface area contributed by atoms with Crippen molar-refractivity contribution in [1.29, 1.82) is 0 Å². The molecule has 20 heavy (non-hydrogen) atoms. The van der Waals surface area contributed by atoms with Gasteiger partial charge < -0.3 is 10.2 Å². The summed E-state index contributed by atoms with van der Waals surface area (Å²) in [6.07, 6.45) is 1.56. The van der Waals surface area contributed by atoms with E-state index < -0.39 is 0 Å². The van der Waals surface area contributed by atoms with Crippen molar-refractivity contribution >= 4 is 23.0 Å². The summed E-state index contributed by atoms with van der Waals surface area (Å²) in [6.45, 7) is 0.580. The zero-order valence-corrected chi connectivity index (χ0v) is 12.5. The fourth-order valence-electron chi connectivity index (χ4n) is 1.78. The zero-order valence-electron chi connectivity index (χ0n) is 11.7. The highest BCUT2D eigenvalue weighted by atomic mass is 35.5. The predicted octanol–water partition coefficient (Wildman–Crippen LogP) is 2.11. The summed E-state index contributed by atoms with van der Waals surface area (Å²) in [5, 5.41) is 7.24. The van der Waals surface area contributed by atoms with Gasteiger partial charge in [-0.1, -0.05) is 23.7 Å². The van der Waals surface area contributed by atoms with Crippen LogP contribution in [0.2, 0.25) is 5.02 Å². The molecular weight excluding hydrogens is 276 g/mol. The normalized spacial score (nSPS) is 10.4. The van der Waals surface area contributed by atoms with Crippen LogP contribution in [-0.2, 0) is 13.6 Å². The molecule has 0 aliphatic carbocycles. The number of nitrogens with zero attached hydrogens (tertiary/aromatic N) is 3. The fourth-order valence-corrected chi connectivity index (χ4v) is 2.01. The van der Waals surface area contributed by atoms with Crippen LogP contribution in [0.25, 0.3) is 0 Å². The summed E-state index contributed by atoms with van der Waals surface area (Å²) in [6, 6.07) is 8.13. The van der Waals surface area contributed by atoms with Crippen molar-refractivity contribution in [3.05, 3.63) is 51.4 Å². The fraction of sp³-hybridized carbons (Fsp3) is 0.286. The summed E-state index contributed by atoms with van der Waals surface area (Å²) in [5.41, 5.74) is 2.47. The van der Waals surface area contributed by atoms with Gasteiger partial charge in [0.15, 0.2) is 0 Å². The van der Waals surface area contributed by atoms with Gasteiger partial charge in [0.25, 0.3) is 5.56 Å². The first-order chi connectivity index (χ1) is 9.49. The van der Waals surface area contributed by atoms with Gasteiger partial charge in [-0.3, -0.25) is 4.79 Å². The second-order valence-corrected chi connectivity index (χ2v) is 5.10. The molecule has 0 aliphatic rings. The summed E-state index contributed by atoms with van der Waals surface area (Å²) in [4.78, 5) is 13.7. The van der Waals surface area contributed by atoms with Crippen LogP contribution in [0, 0.1) is 0 Å². The Morgan fingerprint density at radius 3 is 2.85 bits per heavy atom. The molecule has 0 amide bonds. The van der Waals surface area contributed by atoms with Gasteiger partial charge >= 0.3 is 0 Å². The number of rotatable bonds is 4. The quantitative estimate of drug-likeness (QED) is 0.938. The lowest BCUT2D eigenvalue weighted by Crippen LogP contribution is -2.21. The molecule has 0 saturated heterocycles. The van der Waals surface area contributed by atoms with Crippen LogP contribution in [0.3, 0.4) is 0 Å². The first-order valence-electron chi connectivity index (χ1n) is 6.21. The van der Waals surface area contributed by atoms with Crippen LogP contribution in [0.5, 0.6) is 0 Å². The van der Waals surface area contributed by atoms with Crippen molar-refractivity contribution in [2.75, 3.05) is 24.3 Å². The first-order valence-corrected chi connectivity index (χ1v) is 6.59. The molecule has 0 unspecified atom stereocenters. The molecule has 1 heterocycles. The SMILES string of the molecule is CN(C)c1cccc(CNc2cnn(C)c(=O)c2Cl)c1. The lowest BCUT2D eigenvalue weighted by atomic mass is 10.2. The molecule has 106 valence electrons. The van der Waals surface area contributed by atoms with Gasteiger partial charge in [-0.25, -0.2) is 4.68 Å². The topological polar surface area (TPSA) is 50.2 Å². The van der Waals surface area contributed by atoms with Gasteiger partial charge in [-0.2, -0.15) is 5.10 Å². The van der Waals surface area contributed by atoms with Crippen molar-refractivity contribution in [1.82, 2.24) is 9.78 Å². The number of halogens is 1. The molecule has 2 rings (SSSR count). The van der Waals surface area contributed by atoms with Crippen molar-refractivity contribution in [2.24, 2.45) is 7.05 Å². The number of aryl methyl sites for hydroxylation is 1. The van der Waals surface area contributed by atoms with E-state index in [0.717, 1.165) is 11.3 Å². The van der Waals surface area contributed by atoms with Crippen LogP contribution in [0.1, 0.15) is 5.56 Å². The third-order valence-electron chi connectivity index (χ3n) is 2.99. The first kappa shape index (κ1) is 14.4. The van der Waals surface area contributed by atoms with Gasteiger partial charge in [0, 0.05) is 33.4 Å². The van der Waals surface area contributed by atoms with Gasteiger partial charge in [-0.05, 0) is 17.7 Å². The summed E-state index contributed by atoms with van der Waals surface area (Å²) >= 11 is 6.00. The molecule has 1 aromatic heterocycles. The molecule has 0 fully saturated rings. The van der Waals surface area contributed by atoms with Gasteiger partial charge in [0.2, 0.25) is 0 Å². The largest absolute Gasteiger partial charge is 0.378 e. The van der Waals surface area contributed by atoms with Crippen molar-refractivity contribution in [2.45, 2.75) is 6.54 Å². The van der Waals surface area contributed by atoms with Gasteiger partial charge in [0.1, 0.15) is 5.02 Å². The van der Waals surface area contributed by atoms with Crippen LogP contribution < -0.4 is 15.8 Å². The summed E-state index contributed by atoms with van der Waals surface area (Å²) in [5.74, 6) is 0. The van der Waals surface area contributed by atoms with Gasteiger partial charge in [0.05, 0.1) is 11.9 Å². The van der Waals surface area contributed by atoms with E-state index in [4.69, 9.17) is 11.6 Å². The van der Waals surface area contributed by atoms with E-state index in [0.29, 0.717) is 12.2 Å². The molecule has 2 aromatic rings. The Kier molecular flexibility index (Phi) is 4.29. The van der Waals surface area contributed by atoms with Crippen LogP contribution in [0.15, 0.2) is 35.3 Å². The van der Waals surface area contributed by atoms with Crippen molar-refractivity contribution < 1.29 is 0 Å². The molecule has 6 heteroatoms. The lowest BCUT2D eigenvalue weighted by molar-refractivity contribution is 0.708. The molecule has 1 aromatic carbocycles. The monoisotopic (exact) mass is 292 g/mol. The third-order valence-corrected chi connectivity index (χ3v) is 3.35. The molecular formula is C14H17ClN4O. The molecule has 0 spiro atoms. The number of aromatic nitrogens is 2. The van der Waals surface area contributed by atoms with Crippen molar-refractivity contribution in [3.63, 3.8) is 0 Å². The van der Waals surface area contributed by atoms with E-state index in [-0.39, 0.29) is 10.6 Å². The maximum Gasteiger partial charge on any atom is 0.287 e. The molecule has 0 radical (unpaired) electrons. The Balaban J connectivity index is 2.15. The predicted molar refractivity (Wildman–Crippen MR) is 82.6 cm³/mol. The Morgan fingerprint density at radius 2 is 2.15 bits per heavy atom. The number of nitrogens with one attached hydrogen (secondary N) is 1. The highest BCUT2D eigenvalue weighted by Crippen LogP contribution is 2.18. The maximum atomic E-state index is 11.7. The Hall–Kier alpha value is -2.01. The smallest absolute Gasteiger partial charge is 0.287 e.